The van der Waals surface area contributed by atoms with E-state index >= 15 is 0 Å². The smallest absolute Gasteiger partial charge is 0.225 e. The van der Waals surface area contributed by atoms with Crippen molar-refractivity contribution in [3.05, 3.63) is 0 Å². The highest BCUT2D eigenvalue weighted by atomic mass is 127. The van der Waals surface area contributed by atoms with Gasteiger partial charge >= 0.3 is 0 Å². The number of nitrogens with one attached hydrogen (secondary N) is 2. The second-order valence-corrected chi connectivity index (χ2v) is 8.91. The van der Waals surface area contributed by atoms with Crippen LogP contribution < -0.4 is 10.6 Å². The lowest BCUT2D eigenvalue weighted by atomic mass is 9.88. The molecule has 2 fully saturated rings. The molecule has 0 radical (unpaired) electrons. The third-order valence-electron chi connectivity index (χ3n) is 5.41. The van der Waals surface area contributed by atoms with Gasteiger partial charge in [-0.3, -0.25) is 9.79 Å². The van der Waals surface area contributed by atoms with Crippen molar-refractivity contribution in [3.63, 3.8) is 0 Å². The molecule has 1 aliphatic carbocycles. The molecule has 0 aromatic heterocycles. The fraction of sp³-hybridized carbons (Fsp3) is 0.900. The summed E-state index contributed by atoms with van der Waals surface area (Å²) in [6.07, 6.45) is 9.26. The number of carbonyl (C=O) groups excluding carboxylic acids is 1. The van der Waals surface area contributed by atoms with E-state index in [1.165, 1.54) is 25.7 Å². The van der Waals surface area contributed by atoms with Crippen molar-refractivity contribution in [2.45, 2.75) is 78.2 Å². The molecule has 1 atom stereocenters. The SMILES string of the molecule is CN=C(NCCCC(C)(C)C)NC1CCN(C(=O)C2CCCCC2)C1.I. The van der Waals surface area contributed by atoms with Gasteiger partial charge in [0.15, 0.2) is 5.96 Å². The number of rotatable bonds is 5. The summed E-state index contributed by atoms with van der Waals surface area (Å²) >= 11 is 0. The number of amides is 1. The largest absolute Gasteiger partial charge is 0.356 e. The highest BCUT2D eigenvalue weighted by molar-refractivity contribution is 14.0. The van der Waals surface area contributed by atoms with E-state index in [9.17, 15) is 4.79 Å². The molecule has 26 heavy (non-hydrogen) atoms. The Morgan fingerprint density at radius 2 is 1.85 bits per heavy atom. The Bertz CT molecular complexity index is 455. The van der Waals surface area contributed by atoms with Crippen LogP contribution in [0.5, 0.6) is 0 Å². The van der Waals surface area contributed by atoms with E-state index in [0.717, 1.165) is 51.3 Å². The van der Waals surface area contributed by atoms with E-state index in [0.29, 0.717) is 17.4 Å². The lowest BCUT2D eigenvalue weighted by Crippen LogP contribution is -2.45. The summed E-state index contributed by atoms with van der Waals surface area (Å²) in [6.45, 7) is 9.46. The molecule has 2 aliphatic rings. The predicted octanol–water partition coefficient (Wildman–Crippen LogP) is 3.78. The van der Waals surface area contributed by atoms with Gasteiger partial charge < -0.3 is 15.5 Å². The zero-order valence-electron chi connectivity index (χ0n) is 17.1. The van der Waals surface area contributed by atoms with Crippen molar-refractivity contribution in [1.29, 1.82) is 0 Å². The van der Waals surface area contributed by atoms with Gasteiger partial charge in [-0.2, -0.15) is 0 Å². The van der Waals surface area contributed by atoms with E-state index in [1.807, 2.05) is 7.05 Å². The third kappa shape index (κ3) is 8.01. The maximum atomic E-state index is 12.7. The average molecular weight is 478 g/mol. The number of likely N-dealkylation sites (tertiary alicyclic amines) is 1. The van der Waals surface area contributed by atoms with Crippen LogP contribution in [0.25, 0.3) is 0 Å². The van der Waals surface area contributed by atoms with Crippen molar-refractivity contribution in [2.24, 2.45) is 16.3 Å². The van der Waals surface area contributed by atoms with E-state index in [1.54, 1.807) is 0 Å². The topological polar surface area (TPSA) is 56.7 Å². The van der Waals surface area contributed by atoms with Crippen molar-refractivity contribution in [3.8, 4) is 0 Å². The zero-order chi connectivity index (χ0) is 18.3. The van der Waals surface area contributed by atoms with Gasteiger partial charge in [0.1, 0.15) is 0 Å². The molecule has 2 N–H and O–H groups in total. The third-order valence-corrected chi connectivity index (χ3v) is 5.41. The number of guanidine groups is 1. The van der Waals surface area contributed by atoms with Crippen molar-refractivity contribution >= 4 is 35.8 Å². The number of halogens is 1. The molecular weight excluding hydrogens is 439 g/mol. The maximum Gasteiger partial charge on any atom is 0.225 e. The number of hydrogen-bond donors (Lipinski definition) is 2. The van der Waals surface area contributed by atoms with Crippen LogP contribution in [0.15, 0.2) is 4.99 Å². The first-order chi connectivity index (χ1) is 11.9. The van der Waals surface area contributed by atoms with Crippen LogP contribution in [0.2, 0.25) is 0 Å². The molecule has 1 amide bonds. The summed E-state index contributed by atoms with van der Waals surface area (Å²) in [5, 5.41) is 6.91. The van der Waals surface area contributed by atoms with Crippen LogP contribution in [-0.2, 0) is 4.79 Å². The maximum absolute atomic E-state index is 12.7. The monoisotopic (exact) mass is 478 g/mol. The van der Waals surface area contributed by atoms with Crippen molar-refractivity contribution in [2.75, 3.05) is 26.7 Å². The predicted molar refractivity (Wildman–Crippen MR) is 120 cm³/mol. The molecule has 1 unspecified atom stereocenters. The molecule has 0 spiro atoms. The molecule has 152 valence electrons. The molecule has 2 rings (SSSR count). The highest BCUT2D eigenvalue weighted by Gasteiger charge is 2.31. The van der Waals surface area contributed by atoms with Gasteiger partial charge in [0.05, 0.1) is 0 Å². The molecule has 0 aromatic carbocycles. The Balaban J connectivity index is 0.00000338. The molecule has 1 heterocycles. The molecule has 6 heteroatoms. The van der Waals surface area contributed by atoms with E-state index in [-0.39, 0.29) is 29.9 Å². The number of aliphatic imine (C=N–C) groups is 1. The Morgan fingerprint density at radius 1 is 1.15 bits per heavy atom. The lowest BCUT2D eigenvalue weighted by Gasteiger charge is -2.26. The Kier molecular flexibility index (Phi) is 10.3. The second kappa shape index (κ2) is 11.3. The average Bonchev–Trinajstić information content (AvgIpc) is 3.05. The van der Waals surface area contributed by atoms with Gasteiger partial charge in [-0.15, -0.1) is 24.0 Å². The molecule has 5 nitrogen and oxygen atoms in total. The van der Waals surface area contributed by atoms with Crippen LogP contribution >= 0.6 is 24.0 Å². The first kappa shape index (κ1) is 23.5. The summed E-state index contributed by atoms with van der Waals surface area (Å²) in [7, 11) is 1.82. The van der Waals surface area contributed by atoms with Gasteiger partial charge in [-0.05, 0) is 37.5 Å². The Hall–Kier alpha value is -0.530. The minimum atomic E-state index is 0. The summed E-state index contributed by atoms with van der Waals surface area (Å²) in [5.74, 6) is 1.53. The van der Waals surface area contributed by atoms with Gasteiger partial charge in [0, 0.05) is 38.6 Å². The fourth-order valence-corrected chi connectivity index (χ4v) is 3.90. The molecular formula is C20H39IN4O. The zero-order valence-corrected chi connectivity index (χ0v) is 19.5. The fourth-order valence-electron chi connectivity index (χ4n) is 3.90. The molecule has 0 aromatic rings. The number of carbonyl (C=O) groups is 1. The van der Waals surface area contributed by atoms with Crippen molar-refractivity contribution < 1.29 is 4.79 Å². The summed E-state index contributed by atoms with van der Waals surface area (Å²) in [4.78, 5) is 19.1. The van der Waals surface area contributed by atoms with Crippen LogP contribution in [-0.4, -0.2) is 49.5 Å². The Labute approximate surface area is 177 Å². The first-order valence-electron chi connectivity index (χ1n) is 10.1. The molecule has 1 saturated carbocycles. The number of hydrogen-bond acceptors (Lipinski definition) is 2. The highest BCUT2D eigenvalue weighted by Crippen LogP contribution is 2.26. The summed E-state index contributed by atoms with van der Waals surface area (Å²) < 4.78 is 0. The first-order valence-corrected chi connectivity index (χ1v) is 10.1. The van der Waals surface area contributed by atoms with Gasteiger partial charge in [0.2, 0.25) is 5.91 Å². The second-order valence-electron chi connectivity index (χ2n) is 8.91. The lowest BCUT2D eigenvalue weighted by molar-refractivity contribution is -0.135. The van der Waals surface area contributed by atoms with Crippen LogP contribution in [0.1, 0.15) is 72.1 Å². The Morgan fingerprint density at radius 3 is 2.46 bits per heavy atom. The van der Waals surface area contributed by atoms with E-state index in [2.05, 4.69) is 41.3 Å². The van der Waals surface area contributed by atoms with Crippen LogP contribution in [0.4, 0.5) is 0 Å². The van der Waals surface area contributed by atoms with Gasteiger partial charge in [-0.25, -0.2) is 0 Å². The quantitative estimate of drug-likeness (QED) is 0.274. The molecule has 1 saturated heterocycles. The van der Waals surface area contributed by atoms with E-state index in [4.69, 9.17) is 0 Å². The van der Waals surface area contributed by atoms with Gasteiger partial charge in [-0.1, -0.05) is 40.0 Å². The normalized spacial score (nSPS) is 22.1. The van der Waals surface area contributed by atoms with E-state index < -0.39 is 0 Å². The molecule has 0 bridgehead atoms. The molecule has 1 aliphatic heterocycles. The minimum Gasteiger partial charge on any atom is -0.356 e. The standard InChI is InChI=1S/C20H38N4O.HI/c1-20(2,3)12-8-13-22-19(21-4)23-17-11-14-24(15-17)18(25)16-9-6-5-7-10-16;/h16-17H,5-15H2,1-4H3,(H2,21,22,23);1H. The van der Waals surface area contributed by atoms with Crippen LogP contribution in [0.3, 0.4) is 0 Å². The summed E-state index contributed by atoms with van der Waals surface area (Å²) in [6, 6.07) is 0.321. The summed E-state index contributed by atoms with van der Waals surface area (Å²) in [5.41, 5.74) is 0.379. The minimum absolute atomic E-state index is 0. The number of nitrogens with zero attached hydrogens (tertiary/aromatic N) is 2. The van der Waals surface area contributed by atoms with Crippen LogP contribution in [0, 0.1) is 11.3 Å². The van der Waals surface area contributed by atoms with Crippen molar-refractivity contribution in [1.82, 2.24) is 15.5 Å². The van der Waals surface area contributed by atoms with Gasteiger partial charge in [0.25, 0.3) is 0 Å².